The molecular weight excluding hydrogens is 204 g/mol. The van der Waals surface area contributed by atoms with E-state index in [1.54, 1.807) is 0 Å². The van der Waals surface area contributed by atoms with Gasteiger partial charge in [0, 0.05) is 12.8 Å². The number of hydrogen-bond acceptors (Lipinski definition) is 0. The van der Waals surface area contributed by atoms with Crippen LogP contribution in [0.2, 0.25) is 0 Å². The highest BCUT2D eigenvalue weighted by molar-refractivity contribution is 4.86. The predicted molar refractivity (Wildman–Crippen MR) is 77.6 cm³/mol. The van der Waals surface area contributed by atoms with E-state index in [1.165, 1.54) is 57.8 Å². The first-order valence-electron chi connectivity index (χ1n) is 7.22. The van der Waals surface area contributed by atoms with Crippen molar-refractivity contribution in [2.45, 2.75) is 77.6 Å². The maximum Gasteiger partial charge on any atom is 0.0114 e. The fraction of sp³-hybridized carbons (Fsp3) is 0.765. The van der Waals surface area contributed by atoms with Crippen LogP contribution in [0.5, 0.6) is 0 Å². The van der Waals surface area contributed by atoms with Gasteiger partial charge in [-0.25, -0.2) is 0 Å². The summed E-state index contributed by atoms with van der Waals surface area (Å²) in [5.41, 5.74) is 0. The quantitative estimate of drug-likeness (QED) is 0.340. The van der Waals surface area contributed by atoms with Crippen molar-refractivity contribution in [2.24, 2.45) is 5.92 Å². The third kappa shape index (κ3) is 11.4. The molecule has 0 saturated heterocycles. The Kier molecular flexibility index (Phi) is 12.5. The summed E-state index contributed by atoms with van der Waals surface area (Å²) in [7, 11) is 0. The first-order chi connectivity index (χ1) is 8.35. The van der Waals surface area contributed by atoms with E-state index in [4.69, 9.17) is 12.8 Å². The van der Waals surface area contributed by atoms with E-state index in [0.717, 1.165) is 18.8 Å². The lowest BCUT2D eigenvalue weighted by Crippen LogP contribution is -1.99. The summed E-state index contributed by atoms with van der Waals surface area (Å²) in [5, 5.41) is 0. The largest absolute Gasteiger partial charge is 0.120 e. The molecule has 0 aromatic heterocycles. The topological polar surface area (TPSA) is 0 Å². The smallest absolute Gasteiger partial charge is 0.0114 e. The van der Waals surface area contributed by atoms with Crippen LogP contribution in [0.4, 0.5) is 0 Å². The van der Waals surface area contributed by atoms with Gasteiger partial charge in [-0.3, -0.25) is 0 Å². The Morgan fingerprint density at radius 2 is 1.47 bits per heavy atom. The van der Waals surface area contributed by atoms with E-state index < -0.39 is 0 Å². The van der Waals surface area contributed by atoms with Gasteiger partial charge >= 0.3 is 0 Å². The highest BCUT2D eigenvalue weighted by atomic mass is 14.1. The molecule has 0 aliphatic carbocycles. The fourth-order valence-electron chi connectivity index (χ4n) is 2.21. The van der Waals surface area contributed by atoms with E-state index in [1.807, 2.05) is 0 Å². The van der Waals surface area contributed by atoms with Crippen LogP contribution in [0.1, 0.15) is 77.6 Å². The van der Waals surface area contributed by atoms with Crippen molar-refractivity contribution in [1.82, 2.24) is 0 Å². The molecular formula is C17H28. The first-order valence-corrected chi connectivity index (χ1v) is 7.22. The van der Waals surface area contributed by atoms with E-state index in [0.29, 0.717) is 0 Å². The van der Waals surface area contributed by atoms with Crippen molar-refractivity contribution in [1.29, 1.82) is 0 Å². The second-order valence-corrected chi connectivity index (χ2v) is 4.93. The third-order valence-corrected chi connectivity index (χ3v) is 3.31. The minimum atomic E-state index is 0.763. The molecule has 0 radical (unpaired) electrons. The number of hydrogen-bond donors (Lipinski definition) is 0. The molecule has 0 fully saturated rings. The van der Waals surface area contributed by atoms with Crippen LogP contribution in [0.3, 0.4) is 0 Å². The van der Waals surface area contributed by atoms with Crippen molar-refractivity contribution in [2.75, 3.05) is 0 Å². The van der Waals surface area contributed by atoms with Crippen LogP contribution < -0.4 is 0 Å². The zero-order valence-electron chi connectivity index (χ0n) is 11.5. The number of unbranched alkanes of at least 4 members (excludes halogenated alkanes) is 6. The SMILES string of the molecule is C#CCCCCCCC(CC#C)CCCCC. The molecule has 0 heteroatoms. The molecule has 0 aliphatic rings. The molecule has 0 rings (SSSR count). The van der Waals surface area contributed by atoms with Crippen molar-refractivity contribution >= 4 is 0 Å². The highest BCUT2D eigenvalue weighted by Crippen LogP contribution is 2.20. The van der Waals surface area contributed by atoms with Crippen LogP contribution in [-0.4, -0.2) is 0 Å². The second-order valence-electron chi connectivity index (χ2n) is 4.93. The Labute approximate surface area is 109 Å². The Hall–Kier alpha value is -0.880. The summed E-state index contributed by atoms with van der Waals surface area (Å²) in [5.74, 6) is 6.29. The zero-order chi connectivity index (χ0) is 12.8. The van der Waals surface area contributed by atoms with Crippen molar-refractivity contribution in [3.05, 3.63) is 0 Å². The molecule has 0 amide bonds. The normalized spacial score (nSPS) is 11.7. The standard InChI is InChI=1S/C17H28/c1-4-7-9-10-11-13-16-17(14-6-3)15-12-8-5-2/h1,3,17H,5,7-16H2,2H3. The van der Waals surface area contributed by atoms with Crippen LogP contribution >= 0.6 is 0 Å². The van der Waals surface area contributed by atoms with Gasteiger partial charge in [0.25, 0.3) is 0 Å². The van der Waals surface area contributed by atoms with E-state index in [2.05, 4.69) is 18.8 Å². The summed E-state index contributed by atoms with van der Waals surface area (Å²) < 4.78 is 0. The van der Waals surface area contributed by atoms with E-state index in [9.17, 15) is 0 Å². The van der Waals surface area contributed by atoms with Gasteiger partial charge in [-0.2, -0.15) is 0 Å². The molecule has 0 bridgehead atoms. The fourth-order valence-corrected chi connectivity index (χ4v) is 2.21. The maximum atomic E-state index is 5.43. The predicted octanol–water partition coefficient (Wildman–Crippen LogP) is 5.18. The van der Waals surface area contributed by atoms with Gasteiger partial charge in [-0.05, 0) is 25.2 Å². The van der Waals surface area contributed by atoms with E-state index in [-0.39, 0.29) is 0 Å². The van der Waals surface area contributed by atoms with Gasteiger partial charge in [0.1, 0.15) is 0 Å². The molecule has 0 aromatic rings. The van der Waals surface area contributed by atoms with Gasteiger partial charge in [0.05, 0.1) is 0 Å². The van der Waals surface area contributed by atoms with Crippen molar-refractivity contribution in [3.8, 4) is 24.7 Å². The lowest BCUT2D eigenvalue weighted by atomic mass is 9.92. The minimum Gasteiger partial charge on any atom is -0.120 e. The molecule has 17 heavy (non-hydrogen) atoms. The molecule has 0 saturated carbocycles. The Bertz CT molecular complexity index is 225. The molecule has 0 spiro atoms. The van der Waals surface area contributed by atoms with Crippen molar-refractivity contribution in [3.63, 3.8) is 0 Å². The molecule has 1 unspecified atom stereocenters. The van der Waals surface area contributed by atoms with Crippen LogP contribution in [0.25, 0.3) is 0 Å². The van der Waals surface area contributed by atoms with Crippen LogP contribution in [-0.2, 0) is 0 Å². The molecule has 0 aromatic carbocycles. The van der Waals surface area contributed by atoms with Gasteiger partial charge in [0.2, 0.25) is 0 Å². The summed E-state index contributed by atoms with van der Waals surface area (Å²) >= 11 is 0. The summed E-state index contributed by atoms with van der Waals surface area (Å²) in [4.78, 5) is 0. The van der Waals surface area contributed by atoms with Crippen LogP contribution in [0.15, 0.2) is 0 Å². The van der Waals surface area contributed by atoms with E-state index >= 15 is 0 Å². The monoisotopic (exact) mass is 232 g/mol. The Morgan fingerprint density at radius 3 is 2.06 bits per heavy atom. The third-order valence-electron chi connectivity index (χ3n) is 3.31. The molecule has 1 atom stereocenters. The summed E-state index contributed by atoms with van der Waals surface area (Å²) in [6, 6.07) is 0. The number of terminal acetylenes is 2. The lowest BCUT2D eigenvalue weighted by Gasteiger charge is -2.13. The summed E-state index contributed by atoms with van der Waals surface area (Å²) in [6.45, 7) is 2.25. The van der Waals surface area contributed by atoms with Gasteiger partial charge in [-0.1, -0.05) is 45.4 Å². The summed E-state index contributed by atoms with van der Waals surface area (Å²) in [6.07, 6.45) is 24.3. The molecule has 0 aliphatic heterocycles. The van der Waals surface area contributed by atoms with Crippen LogP contribution in [0, 0.1) is 30.6 Å². The lowest BCUT2D eigenvalue weighted by molar-refractivity contribution is 0.415. The molecule has 0 nitrogen and oxygen atoms in total. The second kappa shape index (κ2) is 13.2. The van der Waals surface area contributed by atoms with Crippen molar-refractivity contribution < 1.29 is 0 Å². The maximum absolute atomic E-state index is 5.43. The average Bonchev–Trinajstić information content (AvgIpc) is 2.34. The molecule has 0 heterocycles. The highest BCUT2D eigenvalue weighted by Gasteiger charge is 2.06. The first kappa shape index (κ1) is 16.1. The zero-order valence-corrected chi connectivity index (χ0v) is 11.5. The van der Waals surface area contributed by atoms with Gasteiger partial charge in [0.15, 0.2) is 0 Å². The minimum absolute atomic E-state index is 0.763. The Balaban J connectivity index is 3.49. The average molecular weight is 232 g/mol. The van der Waals surface area contributed by atoms with Gasteiger partial charge < -0.3 is 0 Å². The Morgan fingerprint density at radius 1 is 0.824 bits per heavy atom. The molecule has 0 N–H and O–H groups in total. The number of rotatable bonds is 11. The van der Waals surface area contributed by atoms with Gasteiger partial charge in [-0.15, -0.1) is 24.7 Å². The molecule has 96 valence electrons.